The Bertz CT molecular complexity index is 786. The zero-order valence-electron chi connectivity index (χ0n) is 12.9. The van der Waals surface area contributed by atoms with E-state index in [9.17, 15) is 0 Å². The standard InChI is InChI=1S/C17H17N3O3/c1-21-13-7-5-6-12(10-13)18-11-16-19-20-17(23-16)14-8-3-4-9-15(14)22-2/h3-10,18H,11H2,1-2H3. The lowest BCUT2D eigenvalue weighted by molar-refractivity contribution is 0.413. The molecule has 0 fully saturated rings. The van der Waals surface area contributed by atoms with Gasteiger partial charge < -0.3 is 19.2 Å². The first-order valence-electron chi connectivity index (χ1n) is 7.14. The number of nitrogens with zero attached hydrogens (tertiary/aromatic N) is 2. The number of anilines is 1. The van der Waals surface area contributed by atoms with Crippen molar-refractivity contribution in [2.45, 2.75) is 6.54 Å². The Morgan fingerprint density at radius 1 is 1.00 bits per heavy atom. The van der Waals surface area contributed by atoms with E-state index in [-0.39, 0.29) is 0 Å². The third-order valence-corrected chi connectivity index (χ3v) is 3.32. The highest BCUT2D eigenvalue weighted by atomic mass is 16.5. The molecule has 1 N–H and O–H groups in total. The molecular weight excluding hydrogens is 294 g/mol. The van der Waals surface area contributed by atoms with Gasteiger partial charge in [-0.25, -0.2) is 0 Å². The second kappa shape index (κ2) is 6.83. The van der Waals surface area contributed by atoms with Crippen molar-refractivity contribution in [2.75, 3.05) is 19.5 Å². The van der Waals surface area contributed by atoms with E-state index >= 15 is 0 Å². The first-order valence-corrected chi connectivity index (χ1v) is 7.14. The normalized spacial score (nSPS) is 10.3. The monoisotopic (exact) mass is 311 g/mol. The van der Waals surface area contributed by atoms with Crippen LogP contribution in [-0.2, 0) is 6.54 Å². The van der Waals surface area contributed by atoms with Gasteiger partial charge in [-0.05, 0) is 24.3 Å². The van der Waals surface area contributed by atoms with Crippen LogP contribution in [0.5, 0.6) is 11.5 Å². The molecule has 1 aromatic heterocycles. The molecule has 0 unspecified atom stereocenters. The Morgan fingerprint density at radius 2 is 1.87 bits per heavy atom. The molecule has 0 aliphatic heterocycles. The molecule has 0 aliphatic carbocycles. The van der Waals surface area contributed by atoms with Gasteiger partial charge >= 0.3 is 0 Å². The predicted octanol–water partition coefficient (Wildman–Crippen LogP) is 3.37. The highest BCUT2D eigenvalue weighted by molar-refractivity contribution is 5.62. The summed E-state index contributed by atoms with van der Waals surface area (Å²) in [4.78, 5) is 0. The van der Waals surface area contributed by atoms with E-state index in [1.807, 2.05) is 48.5 Å². The first kappa shape index (κ1) is 14.9. The quantitative estimate of drug-likeness (QED) is 0.752. The molecule has 6 heteroatoms. The van der Waals surface area contributed by atoms with Crippen molar-refractivity contribution in [3.8, 4) is 23.0 Å². The molecule has 0 aliphatic rings. The Kier molecular flexibility index (Phi) is 4.42. The molecule has 0 atom stereocenters. The molecule has 0 spiro atoms. The van der Waals surface area contributed by atoms with Crippen molar-refractivity contribution < 1.29 is 13.9 Å². The van der Waals surface area contributed by atoms with Gasteiger partial charge in [-0.1, -0.05) is 18.2 Å². The fourth-order valence-electron chi connectivity index (χ4n) is 2.17. The molecule has 6 nitrogen and oxygen atoms in total. The van der Waals surface area contributed by atoms with Crippen LogP contribution in [0.1, 0.15) is 5.89 Å². The van der Waals surface area contributed by atoms with Crippen LogP contribution >= 0.6 is 0 Å². The number of rotatable bonds is 6. The Labute approximate surface area is 134 Å². The number of hydrogen-bond donors (Lipinski definition) is 1. The maximum absolute atomic E-state index is 5.69. The van der Waals surface area contributed by atoms with Gasteiger partial charge in [0, 0.05) is 11.8 Å². The van der Waals surface area contributed by atoms with Crippen LogP contribution in [-0.4, -0.2) is 24.4 Å². The van der Waals surface area contributed by atoms with E-state index < -0.39 is 0 Å². The summed E-state index contributed by atoms with van der Waals surface area (Å²) >= 11 is 0. The number of ether oxygens (including phenoxy) is 2. The van der Waals surface area contributed by atoms with E-state index in [0.717, 1.165) is 17.0 Å². The molecule has 0 radical (unpaired) electrons. The molecule has 0 bridgehead atoms. The highest BCUT2D eigenvalue weighted by Gasteiger charge is 2.12. The molecule has 0 saturated carbocycles. The van der Waals surface area contributed by atoms with Crippen molar-refractivity contribution in [2.24, 2.45) is 0 Å². The van der Waals surface area contributed by atoms with Crippen LogP contribution in [0.3, 0.4) is 0 Å². The van der Waals surface area contributed by atoms with E-state index in [2.05, 4.69) is 15.5 Å². The Morgan fingerprint density at radius 3 is 2.70 bits per heavy atom. The van der Waals surface area contributed by atoms with E-state index in [4.69, 9.17) is 13.9 Å². The van der Waals surface area contributed by atoms with Crippen molar-refractivity contribution in [1.82, 2.24) is 10.2 Å². The van der Waals surface area contributed by atoms with Crippen LogP contribution in [0.15, 0.2) is 52.9 Å². The minimum Gasteiger partial charge on any atom is -0.497 e. The summed E-state index contributed by atoms with van der Waals surface area (Å²) in [5.74, 6) is 2.41. The molecule has 1 heterocycles. The van der Waals surface area contributed by atoms with Crippen molar-refractivity contribution >= 4 is 5.69 Å². The largest absolute Gasteiger partial charge is 0.497 e. The summed E-state index contributed by atoms with van der Waals surface area (Å²) in [7, 11) is 3.25. The second-order valence-corrected chi connectivity index (χ2v) is 4.79. The minimum atomic E-state index is 0.426. The summed E-state index contributed by atoms with van der Waals surface area (Å²) < 4.78 is 16.2. The van der Waals surface area contributed by atoms with Crippen LogP contribution in [0.4, 0.5) is 5.69 Å². The van der Waals surface area contributed by atoms with E-state index in [1.165, 1.54) is 0 Å². The topological polar surface area (TPSA) is 69.4 Å². The van der Waals surface area contributed by atoms with Gasteiger partial charge in [0.05, 0.1) is 26.3 Å². The third kappa shape index (κ3) is 3.42. The zero-order chi connectivity index (χ0) is 16.1. The predicted molar refractivity (Wildman–Crippen MR) is 86.6 cm³/mol. The van der Waals surface area contributed by atoms with Crippen molar-refractivity contribution in [3.05, 3.63) is 54.4 Å². The maximum Gasteiger partial charge on any atom is 0.251 e. The van der Waals surface area contributed by atoms with Crippen LogP contribution in [0.25, 0.3) is 11.5 Å². The number of nitrogens with one attached hydrogen (secondary N) is 1. The van der Waals surface area contributed by atoms with Crippen molar-refractivity contribution in [3.63, 3.8) is 0 Å². The number of methoxy groups -OCH3 is 2. The summed E-state index contributed by atoms with van der Waals surface area (Å²) in [6, 6.07) is 15.2. The fourth-order valence-corrected chi connectivity index (χ4v) is 2.17. The van der Waals surface area contributed by atoms with Crippen molar-refractivity contribution in [1.29, 1.82) is 0 Å². The average molecular weight is 311 g/mol. The summed E-state index contributed by atoms with van der Waals surface area (Å²) in [6.07, 6.45) is 0. The molecule has 3 aromatic rings. The molecule has 23 heavy (non-hydrogen) atoms. The molecule has 2 aromatic carbocycles. The number of benzene rings is 2. The maximum atomic E-state index is 5.69. The van der Waals surface area contributed by atoms with Gasteiger partial charge in [-0.3, -0.25) is 0 Å². The van der Waals surface area contributed by atoms with Gasteiger partial charge in [0.25, 0.3) is 5.89 Å². The molecular formula is C17H17N3O3. The fraction of sp³-hybridized carbons (Fsp3) is 0.176. The van der Waals surface area contributed by atoms with Gasteiger partial charge in [-0.2, -0.15) is 0 Å². The molecule has 0 saturated heterocycles. The average Bonchev–Trinajstić information content (AvgIpc) is 3.09. The first-order chi connectivity index (χ1) is 11.3. The SMILES string of the molecule is COc1cccc(NCc2nnc(-c3ccccc3OC)o2)c1. The second-order valence-electron chi connectivity index (χ2n) is 4.79. The minimum absolute atomic E-state index is 0.426. The van der Waals surface area contributed by atoms with Crippen LogP contribution < -0.4 is 14.8 Å². The number of para-hydroxylation sites is 1. The van der Waals surface area contributed by atoms with Gasteiger partial charge in [0.15, 0.2) is 0 Å². The summed E-state index contributed by atoms with van der Waals surface area (Å²) in [5, 5.41) is 11.4. The third-order valence-electron chi connectivity index (χ3n) is 3.32. The molecule has 3 rings (SSSR count). The van der Waals surface area contributed by atoms with Crippen LogP contribution in [0, 0.1) is 0 Å². The lowest BCUT2D eigenvalue weighted by atomic mass is 10.2. The number of hydrogen-bond acceptors (Lipinski definition) is 6. The van der Waals surface area contributed by atoms with E-state index in [0.29, 0.717) is 24.1 Å². The lowest BCUT2D eigenvalue weighted by Crippen LogP contribution is -1.99. The van der Waals surface area contributed by atoms with Gasteiger partial charge in [0.1, 0.15) is 11.5 Å². The molecule has 0 amide bonds. The summed E-state index contributed by atoms with van der Waals surface area (Å²) in [6.45, 7) is 0.426. The number of aromatic nitrogens is 2. The highest BCUT2D eigenvalue weighted by Crippen LogP contribution is 2.28. The lowest BCUT2D eigenvalue weighted by Gasteiger charge is -2.05. The van der Waals surface area contributed by atoms with Gasteiger partial charge in [0.2, 0.25) is 5.89 Å². The van der Waals surface area contributed by atoms with Crippen LogP contribution in [0.2, 0.25) is 0 Å². The zero-order valence-corrected chi connectivity index (χ0v) is 12.9. The summed E-state index contributed by atoms with van der Waals surface area (Å²) in [5.41, 5.74) is 1.69. The Balaban J connectivity index is 1.72. The smallest absolute Gasteiger partial charge is 0.251 e. The van der Waals surface area contributed by atoms with Gasteiger partial charge in [-0.15, -0.1) is 10.2 Å². The Hall–Kier alpha value is -3.02. The molecule has 118 valence electrons. The van der Waals surface area contributed by atoms with E-state index in [1.54, 1.807) is 14.2 Å².